The molecular weight excluding hydrogens is 675 g/mol. The molecule has 264 valence electrons. The third-order valence-corrected chi connectivity index (χ3v) is 11.8. The summed E-state index contributed by atoms with van der Waals surface area (Å²) in [5, 5.41) is 15.2. The van der Waals surface area contributed by atoms with Gasteiger partial charge in [0.15, 0.2) is 0 Å². The number of para-hydroxylation sites is 1. The van der Waals surface area contributed by atoms with Gasteiger partial charge in [-0.15, -0.1) is 0 Å². The Balaban J connectivity index is 1.35. The molecular formula is C34H36F2N5O8P. The first-order valence-corrected chi connectivity index (χ1v) is 18.1. The molecule has 4 aromatic rings. The van der Waals surface area contributed by atoms with Gasteiger partial charge >= 0.3 is 286 Å². The Labute approximate surface area is 285 Å². The number of fused-ring (bicyclic) bond motifs is 7. The van der Waals surface area contributed by atoms with Gasteiger partial charge in [0.05, 0.1) is 0 Å². The number of hydrogen-bond donors (Lipinski definition) is 3. The van der Waals surface area contributed by atoms with Crippen LogP contribution in [-0.2, 0) is 14.0 Å². The van der Waals surface area contributed by atoms with Gasteiger partial charge in [-0.2, -0.15) is 0 Å². The SMILES string of the molecule is CCO[PH](O)(NC1(C(O)OC)CC1)Oc1c2n(ccc1=O)N(C1c3ccccc3-n3cccc3-c3c1ccc(F)c3F)C1COCCN1C2=O. The molecule has 1 amide bonds. The molecule has 0 spiro atoms. The first-order valence-electron chi connectivity index (χ1n) is 16.3. The van der Waals surface area contributed by atoms with Gasteiger partial charge in [-0.05, 0) is 0 Å². The van der Waals surface area contributed by atoms with E-state index in [0.29, 0.717) is 35.3 Å². The first-order chi connectivity index (χ1) is 24.1. The van der Waals surface area contributed by atoms with Gasteiger partial charge in [0.25, 0.3) is 0 Å². The van der Waals surface area contributed by atoms with Crippen LogP contribution in [0.3, 0.4) is 0 Å². The molecule has 13 nitrogen and oxygen atoms in total. The molecule has 3 unspecified atom stereocenters. The Kier molecular flexibility index (Phi) is 8.07. The summed E-state index contributed by atoms with van der Waals surface area (Å²) in [5.74, 6) is -3.08. The van der Waals surface area contributed by atoms with E-state index >= 15 is 8.78 Å². The van der Waals surface area contributed by atoms with E-state index in [0.717, 1.165) is 6.07 Å². The Hall–Kier alpha value is -4.21. The van der Waals surface area contributed by atoms with Crippen LogP contribution in [0.5, 0.6) is 5.75 Å². The number of aliphatic hydroxyl groups excluding tert-OH is 1. The average Bonchev–Trinajstić information content (AvgIpc) is 3.76. The van der Waals surface area contributed by atoms with E-state index in [1.54, 1.807) is 39.7 Å². The number of amides is 1. The zero-order valence-electron chi connectivity index (χ0n) is 27.2. The van der Waals surface area contributed by atoms with E-state index in [1.807, 2.05) is 24.3 Å². The monoisotopic (exact) mass is 711 g/mol. The van der Waals surface area contributed by atoms with Crippen LogP contribution in [0.25, 0.3) is 16.9 Å². The van der Waals surface area contributed by atoms with Crippen LogP contribution in [0.1, 0.15) is 47.4 Å². The van der Waals surface area contributed by atoms with E-state index < -0.39 is 60.9 Å². The molecule has 3 N–H and O–H groups in total. The number of ether oxygens (including phenoxy) is 2. The fourth-order valence-corrected chi connectivity index (χ4v) is 9.44. The number of pyridine rings is 1. The third-order valence-electron chi connectivity index (χ3n) is 9.81. The van der Waals surface area contributed by atoms with Gasteiger partial charge < -0.3 is 0 Å². The summed E-state index contributed by atoms with van der Waals surface area (Å²) in [6, 6.07) is 13.9. The van der Waals surface area contributed by atoms with Crippen LogP contribution in [-0.4, -0.2) is 81.5 Å². The van der Waals surface area contributed by atoms with E-state index in [2.05, 4.69) is 5.09 Å². The Morgan fingerprint density at radius 2 is 1.88 bits per heavy atom. The minimum absolute atomic E-state index is 0.0184. The molecule has 1 saturated heterocycles. The molecule has 3 aliphatic heterocycles. The summed E-state index contributed by atoms with van der Waals surface area (Å²) in [6.07, 6.45) is 2.00. The van der Waals surface area contributed by atoms with Gasteiger partial charge in [-0.3, -0.25) is 0 Å². The predicted octanol–water partition coefficient (Wildman–Crippen LogP) is 3.34. The summed E-state index contributed by atoms with van der Waals surface area (Å²) in [6.45, 7) is 2.04. The second-order valence-electron chi connectivity index (χ2n) is 12.7. The van der Waals surface area contributed by atoms with Crippen molar-refractivity contribution < 1.29 is 42.1 Å². The summed E-state index contributed by atoms with van der Waals surface area (Å²) >= 11 is 0. The number of rotatable bonds is 9. The molecule has 1 aliphatic carbocycles. The topological polar surface area (TPSA) is 140 Å². The number of morpholine rings is 1. The molecule has 0 bridgehead atoms. The molecule has 2 fully saturated rings. The molecule has 0 radical (unpaired) electrons. The van der Waals surface area contributed by atoms with Gasteiger partial charge in [-0.1, -0.05) is 0 Å². The van der Waals surface area contributed by atoms with Crippen molar-refractivity contribution in [1.29, 1.82) is 0 Å². The summed E-state index contributed by atoms with van der Waals surface area (Å²) < 4.78 is 57.2. The van der Waals surface area contributed by atoms with E-state index in [1.165, 1.54) is 30.1 Å². The second kappa shape index (κ2) is 12.2. The first kappa shape index (κ1) is 33.0. The van der Waals surface area contributed by atoms with Crippen LogP contribution in [0.2, 0.25) is 0 Å². The number of carbonyl (C=O) groups is 1. The zero-order valence-corrected chi connectivity index (χ0v) is 28.2. The van der Waals surface area contributed by atoms with Crippen LogP contribution >= 0.6 is 8.09 Å². The predicted molar refractivity (Wildman–Crippen MR) is 178 cm³/mol. The summed E-state index contributed by atoms with van der Waals surface area (Å²) in [4.78, 5) is 41.5. The van der Waals surface area contributed by atoms with Crippen molar-refractivity contribution in [3.8, 4) is 22.7 Å². The fourth-order valence-electron chi connectivity index (χ4n) is 7.39. The number of nitrogens with zero attached hydrogens (tertiary/aromatic N) is 4. The molecule has 50 heavy (non-hydrogen) atoms. The van der Waals surface area contributed by atoms with Crippen LogP contribution in [0.15, 0.2) is 71.8 Å². The van der Waals surface area contributed by atoms with E-state index in [4.69, 9.17) is 18.5 Å². The zero-order chi connectivity index (χ0) is 34.9. The quantitative estimate of drug-likeness (QED) is 0.175. The van der Waals surface area contributed by atoms with Gasteiger partial charge in [0.2, 0.25) is 0 Å². The van der Waals surface area contributed by atoms with Gasteiger partial charge in [0, 0.05) is 0 Å². The number of benzene rings is 2. The second-order valence-corrected chi connectivity index (χ2v) is 14.6. The fraction of sp³-hybridized carbons (Fsp3) is 0.353. The summed E-state index contributed by atoms with van der Waals surface area (Å²) in [7, 11) is -3.23. The van der Waals surface area contributed by atoms with Crippen LogP contribution < -0.4 is 20.0 Å². The van der Waals surface area contributed by atoms with Gasteiger partial charge in [-0.25, -0.2) is 0 Å². The average molecular weight is 712 g/mol. The van der Waals surface area contributed by atoms with Crippen molar-refractivity contribution in [3.63, 3.8) is 0 Å². The number of hydrogen-bond acceptors (Lipinski definition) is 10. The third kappa shape index (κ3) is 5.07. The van der Waals surface area contributed by atoms with Crippen molar-refractivity contribution in [2.45, 2.75) is 43.8 Å². The normalized spacial score (nSPS) is 21.3. The Morgan fingerprint density at radius 3 is 2.64 bits per heavy atom. The van der Waals surface area contributed by atoms with Crippen molar-refractivity contribution >= 4 is 14.0 Å². The Bertz CT molecular complexity index is 2060. The van der Waals surface area contributed by atoms with Crippen LogP contribution in [0, 0.1) is 11.6 Å². The molecule has 5 heterocycles. The minimum atomic E-state index is -4.55. The number of carbonyl (C=O) groups excluding carboxylic acids is 1. The standard InChI is InChI=1S/C34H36F2N5O8P/c1-3-48-50(45,37-34(13-14-34)33(44)46-2)49-31-25(42)12-16-40-30(31)32(43)39-17-18-47-19-26(39)41(40)29-20-7-4-5-8-23(20)38-15-6-9-24(38)27-21(29)10-11-22(35)28(27)36/h4-12,15-16,26,29,33,37,44-45,50H,3,13-14,17-19H2,1-2H3. The summed E-state index contributed by atoms with van der Waals surface area (Å²) in [5.41, 5.74) is 0.305. The number of nitrogens with one attached hydrogen (secondary N) is 1. The molecule has 2 aromatic carbocycles. The molecule has 2 aromatic heterocycles. The number of aromatic nitrogens is 2. The molecule has 4 aliphatic rings. The molecule has 16 heteroatoms. The molecule has 1 saturated carbocycles. The van der Waals surface area contributed by atoms with Crippen molar-refractivity contribution in [1.82, 2.24) is 19.2 Å². The van der Waals surface area contributed by atoms with Crippen molar-refractivity contribution in [3.05, 3.63) is 106 Å². The maximum absolute atomic E-state index is 16.0. The van der Waals surface area contributed by atoms with E-state index in [9.17, 15) is 19.6 Å². The number of aliphatic hydroxyl groups is 1. The number of methoxy groups -OCH3 is 1. The maximum atomic E-state index is 16.0. The number of halogens is 2. The van der Waals surface area contributed by atoms with Gasteiger partial charge in [0.1, 0.15) is 0 Å². The molecule has 3 atom stereocenters. The molecule has 8 rings (SSSR count). The van der Waals surface area contributed by atoms with E-state index in [-0.39, 0.29) is 37.6 Å². The van der Waals surface area contributed by atoms with Crippen LogP contribution in [0.4, 0.5) is 8.78 Å². The Morgan fingerprint density at radius 1 is 1.08 bits per heavy atom. The van der Waals surface area contributed by atoms with Crippen molar-refractivity contribution in [2.24, 2.45) is 0 Å². The van der Waals surface area contributed by atoms with Crippen molar-refractivity contribution in [2.75, 3.05) is 38.5 Å².